The zero-order valence-electron chi connectivity index (χ0n) is 12.3. The summed E-state index contributed by atoms with van der Waals surface area (Å²) in [6.45, 7) is 8.02. The fourth-order valence-electron chi connectivity index (χ4n) is 3.48. The van der Waals surface area contributed by atoms with Crippen molar-refractivity contribution in [1.82, 2.24) is 9.80 Å². The highest BCUT2D eigenvalue weighted by atomic mass is 32.1. The Morgan fingerprint density at radius 2 is 1.68 bits per heavy atom. The average molecular weight is 283 g/mol. The van der Waals surface area contributed by atoms with Crippen LogP contribution in [-0.4, -0.2) is 52.9 Å². The number of nitrogens with two attached hydrogens (primary N) is 1. The Bertz CT molecular complexity index is 380. The van der Waals surface area contributed by atoms with Gasteiger partial charge < -0.3 is 10.6 Å². The number of carbonyl (C=O) groups is 1. The predicted octanol–water partition coefficient (Wildman–Crippen LogP) is 1.24. The molecule has 0 bridgehead atoms. The smallest absolute Gasteiger partial charge is 0.235 e. The molecule has 1 saturated heterocycles. The monoisotopic (exact) mass is 283 g/mol. The lowest BCUT2D eigenvalue weighted by Crippen LogP contribution is -2.63. The Morgan fingerprint density at radius 3 is 2.05 bits per heavy atom. The van der Waals surface area contributed by atoms with E-state index >= 15 is 0 Å². The molecule has 2 fully saturated rings. The topological polar surface area (TPSA) is 49.6 Å². The van der Waals surface area contributed by atoms with E-state index in [0.717, 1.165) is 25.9 Å². The van der Waals surface area contributed by atoms with Crippen molar-refractivity contribution in [1.29, 1.82) is 0 Å². The lowest BCUT2D eigenvalue weighted by molar-refractivity contribution is -0.148. The van der Waals surface area contributed by atoms with Gasteiger partial charge in [0.1, 0.15) is 0 Å². The van der Waals surface area contributed by atoms with Crippen LogP contribution < -0.4 is 5.73 Å². The first-order valence-corrected chi connectivity index (χ1v) is 7.50. The van der Waals surface area contributed by atoms with Gasteiger partial charge in [-0.1, -0.05) is 19.1 Å². The van der Waals surface area contributed by atoms with Crippen LogP contribution in [0.3, 0.4) is 0 Å². The summed E-state index contributed by atoms with van der Waals surface area (Å²) in [6.07, 6.45) is 1.63. The van der Waals surface area contributed by atoms with Crippen LogP contribution >= 0.6 is 12.2 Å². The van der Waals surface area contributed by atoms with Crippen LogP contribution in [0.2, 0.25) is 0 Å². The maximum absolute atomic E-state index is 12.8. The first-order valence-electron chi connectivity index (χ1n) is 7.09. The number of thiocarbonyl (C=S) groups is 1. The number of likely N-dealkylation sites (N-methyl/N-ethyl adjacent to an activating group) is 1. The fraction of sp³-hybridized carbons (Fsp3) is 0.857. The maximum Gasteiger partial charge on any atom is 0.235 e. The van der Waals surface area contributed by atoms with Crippen molar-refractivity contribution in [3.8, 4) is 0 Å². The summed E-state index contributed by atoms with van der Waals surface area (Å²) in [4.78, 5) is 17.5. The molecular formula is C14H25N3OS. The van der Waals surface area contributed by atoms with Gasteiger partial charge in [-0.05, 0) is 39.7 Å². The van der Waals surface area contributed by atoms with Gasteiger partial charge in [0, 0.05) is 25.2 Å². The molecule has 4 nitrogen and oxygen atoms in total. The minimum absolute atomic E-state index is 0.157. The minimum Gasteiger partial charge on any atom is -0.392 e. The van der Waals surface area contributed by atoms with Gasteiger partial charge in [-0.25, -0.2) is 0 Å². The predicted molar refractivity (Wildman–Crippen MR) is 80.9 cm³/mol. The maximum atomic E-state index is 12.8. The second-order valence-electron chi connectivity index (χ2n) is 6.53. The van der Waals surface area contributed by atoms with Gasteiger partial charge in [-0.2, -0.15) is 0 Å². The highest BCUT2D eigenvalue weighted by Gasteiger charge is 2.53. The molecular weight excluding hydrogens is 258 g/mol. The van der Waals surface area contributed by atoms with Crippen molar-refractivity contribution in [3.05, 3.63) is 0 Å². The zero-order chi connectivity index (χ0) is 14.4. The third kappa shape index (κ3) is 2.38. The van der Waals surface area contributed by atoms with E-state index in [4.69, 9.17) is 18.0 Å². The van der Waals surface area contributed by atoms with Crippen molar-refractivity contribution < 1.29 is 4.79 Å². The van der Waals surface area contributed by atoms with E-state index in [1.165, 1.54) is 0 Å². The molecule has 0 spiro atoms. The van der Waals surface area contributed by atoms with Crippen LogP contribution in [0.5, 0.6) is 0 Å². The number of amides is 1. The van der Waals surface area contributed by atoms with Gasteiger partial charge in [-0.15, -0.1) is 0 Å². The van der Waals surface area contributed by atoms with Crippen molar-refractivity contribution in [2.24, 2.45) is 17.1 Å². The first-order chi connectivity index (χ1) is 8.78. The summed E-state index contributed by atoms with van der Waals surface area (Å²) in [5.74, 6) is 0.706. The van der Waals surface area contributed by atoms with Crippen LogP contribution in [0.15, 0.2) is 0 Å². The second kappa shape index (κ2) is 5.02. The van der Waals surface area contributed by atoms with Gasteiger partial charge in [0.05, 0.1) is 10.4 Å². The fourth-order valence-corrected chi connectivity index (χ4v) is 3.74. The summed E-state index contributed by atoms with van der Waals surface area (Å²) in [7, 11) is 2.12. The molecule has 2 rings (SSSR count). The van der Waals surface area contributed by atoms with Crippen molar-refractivity contribution in [3.63, 3.8) is 0 Å². The van der Waals surface area contributed by atoms with E-state index in [-0.39, 0.29) is 5.91 Å². The van der Waals surface area contributed by atoms with Crippen LogP contribution in [0, 0.1) is 11.3 Å². The van der Waals surface area contributed by atoms with Crippen LogP contribution in [0.4, 0.5) is 0 Å². The summed E-state index contributed by atoms with van der Waals surface area (Å²) < 4.78 is 0. The molecule has 1 aliphatic heterocycles. The summed E-state index contributed by atoms with van der Waals surface area (Å²) in [6, 6.07) is 0.766. The molecule has 2 atom stereocenters. The number of hydrogen-bond donors (Lipinski definition) is 1. The molecule has 0 radical (unpaired) electrons. The van der Waals surface area contributed by atoms with E-state index in [0.29, 0.717) is 23.0 Å². The molecule has 0 aromatic rings. The van der Waals surface area contributed by atoms with E-state index in [1.54, 1.807) is 0 Å². The lowest BCUT2D eigenvalue weighted by Gasteiger charge is -2.50. The Balaban J connectivity index is 2.13. The number of nitrogens with zero attached hydrogens (tertiary/aromatic N) is 2. The second-order valence-corrected chi connectivity index (χ2v) is 6.97. The lowest BCUT2D eigenvalue weighted by atomic mass is 9.61. The molecule has 1 saturated carbocycles. The Labute approximate surface area is 121 Å². The average Bonchev–Trinajstić information content (AvgIpc) is 2.29. The van der Waals surface area contributed by atoms with Gasteiger partial charge >= 0.3 is 0 Å². The number of piperazine rings is 1. The van der Waals surface area contributed by atoms with Crippen molar-refractivity contribution in [2.45, 2.75) is 45.7 Å². The normalized spacial score (nSPS) is 39.8. The molecule has 1 heterocycles. The Kier molecular flexibility index (Phi) is 3.89. The Morgan fingerprint density at radius 1 is 1.21 bits per heavy atom. The molecule has 108 valence electrons. The molecule has 5 heteroatoms. The van der Waals surface area contributed by atoms with Crippen LogP contribution in [-0.2, 0) is 4.79 Å². The minimum atomic E-state index is -0.551. The van der Waals surface area contributed by atoms with Gasteiger partial charge in [0.2, 0.25) is 5.91 Å². The number of carbonyl (C=O) groups excluding carboxylic acids is 1. The Hall–Kier alpha value is -0.680. The molecule has 19 heavy (non-hydrogen) atoms. The van der Waals surface area contributed by atoms with E-state index in [1.807, 2.05) is 4.90 Å². The van der Waals surface area contributed by atoms with Gasteiger partial charge in [0.15, 0.2) is 0 Å². The third-order valence-corrected chi connectivity index (χ3v) is 5.31. The highest BCUT2D eigenvalue weighted by molar-refractivity contribution is 7.80. The molecule has 2 unspecified atom stereocenters. The van der Waals surface area contributed by atoms with Gasteiger partial charge in [0.25, 0.3) is 0 Å². The largest absolute Gasteiger partial charge is 0.392 e. The number of hydrogen-bond acceptors (Lipinski definition) is 3. The molecule has 2 aliphatic rings. The zero-order valence-corrected chi connectivity index (χ0v) is 13.2. The molecule has 0 aromatic carbocycles. The molecule has 0 aromatic heterocycles. The van der Waals surface area contributed by atoms with Gasteiger partial charge in [-0.3, -0.25) is 9.69 Å². The summed E-state index contributed by atoms with van der Waals surface area (Å²) in [5, 5.41) is 0. The van der Waals surface area contributed by atoms with Crippen LogP contribution in [0.1, 0.15) is 33.6 Å². The molecule has 1 aliphatic carbocycles. The van der Waals surface area contributed by atoms with E-state index < -0.39 is 5.41 Å². The van der Waals surface area contributed by atoms with E-state index in [2.05, 4.69) is 32.7 Å². The number of rotatable bonds is 2. The molecule has 2 N–H and O–H groups in total. The van der Waals surface area contributed by atoms with E-state index in [9.17, 15) is 4.79 Å². The van der Waals surface area contributed by atoms with Crippen molar-refractivity contribution in [2.75, 3.05) is 20.1 Å². The molecule has 1 amide bonds. The summed E-state index contributed by atoms with van der Waals surface area (Å²) in [5.41, 5.74) is 5.32. The van der Waals surface area contributed by atoms with Crippen molar-refractivity contribution >= 4 is 23.1 Å². The quantitative estimate of drug-likeness (QED) is 0.775. The first kappa shape index (κ1) is 14.7. The SMILES string of the molecule is CC1CC(C(=O)N2CC(C)N(C)C(C)C2)(C(N)=S)C1. The standard InChI is InChI=1S/C14H25N3OS/c1-9-5-14(6-9,12(15)19)13(18)17-7-10(2)16(4)11(3)8-17/h9-11H,5-8H2,1-4H3,(H2,15,19). The summed E-state index contributed by atoms with van der Waals surface area (Å²) >= 11 is 5.18. The highest BCUT2D eigenvalue weighted by Crippen LogP contribution is 2.47. The third-order valence-electron chi connectivity index (χ3n) is 4.92. The van der Waals surface area contributed by atoms with Crippen LogP contribution in [0.25, 0.3) is 0 Å².